The molecule has 0 unspecified atom stereocenters. The number of carbonyl (C=O) groups excluding carboxylic acids is 1. The molecule has 5 heteroatoms. The Morgan fingerprint density at radius 1 is 1.18 bits per heavy atom. The Kier molecular flexibility index (Phi) is 5.15. The summed E-state index contributed by atoms with van der Waals surface area (Å²) in [5, 5.41) is 12.2. The normalized spacial score (nSPS) is 28.9. The van der Waals surface area contributed by atoms with E-state index in [1.165, 1.54) is 19.3 Å². The Morgan fingerprint density at radius 3 is 2.32 bits per heavy atom. The van der Waals surface area contributed by atoms with Crippen molar-refractivity contribution in [3.05, 3.63) is 0 Å². The molecular formula is C17H29NO4. The minimum Gasteiger partial charge on any atom is -0.481 e. The molecule has 0 spiro atoms. The molecular weight excluding hydrogens is 282 g/mol. The molecule has 2 N–H and O–H groups in total. The monoisotopic (exact) mass is 311 g/mol. The van der Waals surface area contributed by atoms with E-state index in [-0.39, 0.29) is 11.3 Å². The molecule has 126 valence electrons. The fourth-order valence-electron chi connectivity index (χ4n) is 4.11. The van der Waals surface area contributed by atoms with Crippen LogP contribution in [0.3, 0.4) is 0 Å². The highest BCUT2D eigenvalue weighted by atomic mass is 16.5. The van der Waals surface area contributed by atoms with Crippen molar-refractivity contribution < 1.29 is 19.4 Å². The first kappa shape index (κ1) is 17.3. The van der Waals surface area contributed by atoms with Gasteiger partial charge in [0.05, 0.1) is 11.8 Å². The Balaban J connectivity index is 1.92. The van der Waals surface area contributed by atoms with Gasteiger partial charge in [0.2, 0.25) is 5.91 Å². The number of methoxy groups -OCH3 is 1. The average Bonchev–Trinajstić information content (AvgIpc) is 3.07. The lowest BCUT2D eigenvalue weighted by Crippen LogP contribution is -2.41. The summed E-state index contributed by atoms with van der Waals surface area (Å²) in [5.74, 6) is -1.90. The van der Waals surface area contributed by atoms with E-state index in [1.807, 2.05) is 13.8 Å². The van der Waals surface area contributed by atoms with E-state index >= 15 is 0 Å². The van der Waals surface area contributed by atoms with Gasteiger partial charge in [-0.05, 0) is 30.1 Å². The first-order valence-electron chi connectivity index (χ1n) is 8.33. The highest BCUT2D eigenvalue weighted by Gasteiger charge is 2.65. The molecule has 1 amide bonds. The molecule has 2 rings (SSSR count). The van der Waals surface area contributed by atoms with Crippen LogP contribution in [0, 0.1) is 22.7 Å². The van der Waals surface area contributed by atoms with Crippen molar-refractivity contribution in [3.8, 4) is 0 Å². The first-order chi connectivity index (χ1) is 10.3. The Morgan fingerprint density at radius 2 is 1.82 bits per heavy atom. The average molecular weight is 311 g/mol. The van der Waals surface area contributed by atoms with Crippen LogP contribution in [-0.2, 0) is 14.3 Å². The molecule has 0 aromatic carbocycles. The summed E-state index contributed by atoms with van der Waals surface area (Å²) in [5.41, 5.74) is -0.302. The van der Waals surface area contributed by atoms with Gasteiger partial charge in [-0.25, -0.2) is 0 Å². The molecule has 2 aliphatic rings. The van der Waals surface area contributed by atoms with E-state index in [9.17, 15) is 14.7 Å². The third-order valence-corrected chi connectivity index (χ3v) is 5.76. The predicted molar refractivity (Wildman–Crippen MR) is 83.4 cm³/mol. The molecule has 0 aromatic rings. The van der Waals surface area contributed by atoms with Crippen molar-refractivity contribution in [2.24, 2.45) is 22.7 Å². The molecule has 0 bridgehead atoms. The summed E-state index contributed by atoms with van der Waals surface area (Å²) in [6.07, 6.45) is 6.86. The molecule has 2 atom stereocenters. The maximum atomic E-state index is 12.4. The maximum Gasteiger partial charge on any atom is 0.307 e. The van der Waals surface area contributed by atoms with Gasteiger partial charge in [0, 0.05) is 20.3 Å². The van der Waals surface area contributed by atoms with Gasteiger partial charge in [-0.2, -0.15) is 0 Å². The fraction of sp³-hybridized carbons (Fsp3) is 0.882. The predicted octanol–water partition coefficient (Wildman–Crippen LogP) is 2.45. The molecule has 2 aliphatic carbocycles. The van der Waals surface area contributed by atoms with Gasteiger partial charge >= 0.3 is 5.97 Å². The van der Waals surface area contributed by atoms with E-state index in [2.05, 4.69) is 5.32 Å². The molecule has 0 aliphatic heterocycles. The number of carboxylic acid groups (broad SMARTS) is 1. The highest BCUT2D eigenvalue weighted by molar-refractivity contribution is 5.91. The second kappa shape index (κ2) is 6.57. The molecule has 0 radical (unpaired) electrons. The van der Waals surface area contributed by atoms with Gasteiger partial charge in [-0.1, -0.05) is 33.1 Å². The van der Waals surface area contributed by atoms with Crippen molar-refractivity contribution >= 4 is 11.9 Å². The summed E-state index contributed by atoms with van der Waals surface area (Å²) in [6.45, 7) is 5.07. The van der Waals surface area contributed by atoms with Crippen LogP contribution in [0.4, 0.5) is 0 Å². The second-order valence-electron chi connectivity index (χ2n) is 7.64. The smallest absolute Gasteiger partial charge is 0.307 e. The first-order valence-corrected chi connectivity index (χ1v) is 8.33. The molecule has 0 aromatic heterocycles. The molecule has 0 heterocycles. The van der Waals surface area contributed by atoms with Crippen LogP contribution in [0.2, 0.25) is 0 Å². The summed E-state index contributed by atoms with van der Waals surface area (Å²) in [4.78, 5) is 23.6. The molecule has 0 saturated heterocycles. The van der Waals surface area contributed by atoms with Gasteiger partial charge in [0.15, 0.2) is 0 Å². The molecule has 5 nitrogen and oxygen atoms in total. The quantitative estimate of drug-likeness (QED) is 0.757. The highest BCUT2D eigenvalue weighted by Crippen LogP contribution is 2.58. The van der Waals surface area contributed by atoms with E-state index in [0.29, 0.717) is 13.2 Å². The number of nitrogens with one attached hydrogen (secondary N) is 1. The lowest BCUT2D eigenvalue weighted by atomic mass is 9.72. The van der Waals surface area contributed by atoms with E-state index in [1.54, 1.807) is 7.11 Å². The zero-order valence-electron chi connectivity index (χ0n) is 14.0. The fourth-order valence-corrected chi connectivity index (χ4v) is 4.11. The summed E-state index contributed by atoms with van der Waals surface area (Å²) in [7, 11) is 1.71. The van der Waals surface area contributed by atoms with E-state index < -0.39 is 23.2 Å². The standard InChI is InChI=1S/C17H29NO4/c1-16(2)12(13(16)15(20)21)14(19)18-11-17(9-10-22-3)7-5-4-6-8-17/h12-13H,4-11H2,1-3H3,(H,18,19)(H,20,21)/t12-,13+/m0/s1. The van der Waals surface area contributed by atoms with Gasteiger partial charge < -0.3 is 15.2 Å². The number of aliphatic carboxylic acids is 1. The van der Waals surface area contributed by atoms with Crippen LogP contribution < -0.4 is 5.32 Å². The number of hydrogen-bond acceptors (Lipinski definition) is 3. The van der Waals surface area contributed by atoms with E-state index in [0.717, 1.165) is 19.3 Å². The van der Waals surface area contributed by atoms with Crippen LogP contribution in [-0.4, -0.2) is 37.2 Å². The topological polar surface area (TPSA) is 75.6 Å². The third kappa shape index (κ3) is 3.45. The number of ether oxygens (including phenoxy) is 1. The lowest BCUT2D eigenvalue weighted by molar-refractivity contribution is -0.140. The van der Waals surface area contributed by atoms with Crippen molar-refractivity contribution in [2.45, 2.75) is 52.4 Å². The largest absolute Gasteiger partial charge is 0.481 e. The van der Waals surface area contributed by atoms with Crippen molar-refractivity contribution in [1.82, 2.24) is 5.32 Å². The maximum absolute atomic E-state index is 12.4. The van der Waals surface area contributed by atoms with Crippen molar-refractivity contribution in [2.75, 3.05) is 20.3 Å². The zero-order valence-corrected chi connectivity index (χ0v) is 14.0. The number of rotatable bonds is 7. The van der Waals surface area contributed by atoms with Crippen LogP contribution >= 0.6 is 0 Å². The molecule has 2 fully saturated rings. The zero-order chi connectivity index (χ0) is 16.4. The molecule has 22 heavy (non-hydrogen) atoms. The number of carboxylic acids is 1. The Bertz CT molecular complexity index is 426. The SMILES string of the molecule is COCCC1(CNC(=O)[C@@H]2[C@H](C(=O)O)C2(C)C)CCCCC1. The van der Waals surface area contributed by atoms with Crippen LogP contribution in [0.1, 0.15) is 52.4 Å². The summed E-state index contributed by atoms with van der Waals surface area (Å²) >= 11 is 0. The Hall–Kier alpha value is -1.10. The molecule has 2 saturated carbocycles. The summed E-state index contributed by atoms with van der Waals surface area (Å²) < 4.78 is 5.23. The minimum atomic E-state index is -0.864. The van der Waals surface area contributed by atoms with Gasteiger partial charge in [0.25, 0.3) is 0 Å². The van der Waals surface area contributed by atoms with Crippen LogP contribution in [0.25, 0.3) is 0 Å². The van der Waals surface area contributed by atoms with Crippen LogP contribution in [0.15, 0.2) is 0 Å². The lowest BCUT2D eigenvalue weighted by Gasteiger charge is -2.37. The van der Waals surface area contributed by atoms with E-state index in [4.69, 9.17) is 4.74 Å². The van der Waals surface area contributed by atoms with Gasteiger partial charge in [0.1, 0.15) is 0 Å². The number of carbonyl (C=O) groups is 2. The third-order valence-electron chi connectivity index (χ3n) is 5.76. The Labute approximate surface area is 132 Å². The summed E-state index contributed by atoms with van der Waals surface area (Å²) in [6, 6.07) is 0. The second-order valence-corrected chi connectivity index (χ2v) is 7.64. The van der Waals surface area contributed by atoms with Gasteiger partial charge in [-0.15, -0.1) is 0 Å². The van der Waals surface area contributed by atoms with Crippen molar-refractivity contribution in [1.29, 1.82) is 0 Å². The number of hydrogen-bond donors (Lipinski definition) is 2. The van der Waals surface area contributed by atoms with Crippen molar-refractivity contribution in [3.63, 3.8) is 0 Å². The van der Waals surface area contributed by atoms with Gasteiger partial charge in [-0.3, -0.25) is 9.59 Å². The number of amides is 1. The minimum absolute atomic E-state index is 0.0974. The van der Waals surface area contributed by atoms with Crippen LogP contribution in [0.5, 0.6) is 0 Å².